The summed E-state index contributed by atoms with van der Waals surface area (Å²) >= 11 is 1.88. The van der Waals surface area contributed by atoms with Gasteiger partial charge in [0.15, 0.2) is 0 Å². The Morgan fingerprint density at radius 1 is 1.11 bits per heavy atom. The van der Waals surface area contributed by atoms with Crippen LogP contribution in [0.4, 0.5) is 0 Å². The Bertz CT molecular complexity index is 314. The standard InChI is InChI=1S/C14H23NO2S/c1-3-16-13-4-6-14(7-5-13)17-9-11-18-10-8-12(2)15/h4-7,12H,3,8-11,15H2,1-2H3. The zero-order valence-corrected chi connectivity index (χ0v) is 12.0. The van der Waals surface area contributed by atoms with E-state index in [0.717, 1.165) is 36.0 Å². The molecule has 1 rings (SSSR count). The average Bonchev–Trinajstić information content (AvgIpc) is 2.35. The van der Waals surface area contributed by atoms with E-state index in [2.05, 4.69) is 0 Å². The first-order valence-electron chi connectivity index (χ1n) is 6.41. The lowest BCUT2D eigenvalue weighted by Crippen LogP contribution is -2.15. The fraction of sp³-hybridized carbons (Fsp3) is 0.571. The maximum atomic E-state index is 5.68. The van der Waals surface area contributed by atoms with E-state index in [4.69, 9.17) is 15.2 Å². The summed E-state index contributed by atoms with van der Waals surface area (Å²) in [6.07, 6.45) is 1.06. The van der Waals surface area contributed by atoms with E-state index < -0.39 is 0 Å². The summed E-state index contributed by atoms with van der Waals surface area (Å²) in [6, 6.07) is 8.05. The Balaban J connectivity index is 2.11. The van der Waals surface area contributed by atoms with Crippen LogP contribution < -0.4 is 15.2 Å². The molecule has 0 spiro atoms. The van der Waals surface area contributed by atoms with E-state index in [1.807, 2.05) is 49.9 Å². The number of hydrogen-bond donors (Lipinski definition) is 1. The van der Waals surface area contributed by atoms with Crippen molar-refractivity contribution in [2.45, 2.75) is 26.3 Å². The highest BCUT2D eigenvalue weighted by Gasteiger charge is 1.97. The number of benzene rings is 1. The maximum absolute atomic E-state index is 5.68. The van der Waals surface area contributed by atoms with E-state index in [0.29, 0.717) is 12.6 Å². The summed E-state index contributed by atoms with van der Waals surface area (Å²) in [5, 5.41) is 0. The van der Waals surface area contributed by atoms with Gasteiger partial charge in [-0.05, 0) is 50.3 Å². The Labute approximate surface area is 114 Å². The van der Waals surface area contributed by atoms with Crippen LogP contribution in [0.5, 0.6) is 11.5 Å². The Hall–Kier alpha value is -0.870. The fourth-order valence-electron chi connectivity index (χ4n) is 1.39. The SMILES string of the molecule is CCOc1ccc(OCCSCCC(C)N)cc1. The van der Waals surface area contributed by atoms with Crippen LogP contribution in [0.1, 0.15) is 20.3 Å². The zero-order chi connectivity index (χ0) is 13.2. The van der Waals surface area contributed by atoms with Crippen molar-refractivity contribution in [3.63, 3.8) is 0 Å². The molecule has 0 bridgehead atoms. The molecular weight excluding hydrogens is 246 g/mol. The lowest BCUT2D eigenvalue weighted by Gasteiger charge is -2.08. The van der Waals surface area contributed by atoms with E-state index in [1.165, 1.54) is 0 Å². The van der Waals surface area contributed by atoms with E-state index >= 15 is 0 Å². The molecule has 0 fully saturated rings. The minimum Gasteiger partial charge on any atom is -0.494 e. The second kappa shape index (κ2) is 9.11. The zero-order valence-electron chi connectivity index (χ0n) is 11.2. The molecule has 0 aromatic heterocycles. The second-order valence-electron chi connectivity index (χ2n) is 4.13. The van der Waals surface area contributed by atoms with Crippen LogP contribution in [-0.2, 0) is 0 Å². The summed E-state index contributed by atoms with van der Waals surface area (Å²) in [5.41, 5.74) is 5.68. The highest BCUT2D eigenvalue weighted by atomic mass is 32.2. The molecule has 18 heavy (non-hydrogen) atoms. The van der Waals surface area contributed by atoms with Gasteiger partial charge in [0, 0.05) is 11.8 Å². The Morgan fingerprint density at radius 2 is 1.72 bits per heavy atom. The largest absolute Gasteiger partial charge is 0.494 e. The van der Waals surface area contributed by atoms with Crippen LogP contribution in [-0.4, -0.2) is 30.8 Å². The first-order chi connectivity index (χ1) is 8.72. The summed E-state index contributed by atoms with van der Waals surface area (Å²) < 4.78 is 11.0. The van der Waals surface area contributed by atoms with Gasteiger partial charge in [-0.15, -0.1) is 0 Å². The van der Waals surface area contributed by atoms with Crippen molar-refractivity contribution in [2.75, 3.05) is 24.7 Å². The first-order valence-corrected chi connectivity index (χ1v) is 7.57. The van der Waals surface area contributed by atoms with Crippen molar-refractivity contribution < 1.29 is 9.47 Å². The van der Waals surface area contributed by atoms with E-state index in [-0.39, 0.29) is 0 Å². The molecule has 0 aliphatic carbocycles. The van der Waals surface area contributed by atoms with Crippen LogP contribution >= 0.6 is 11.8 Å². The topological polar surface area (TPSA) is 44.5 Å². The van der Waals surface area contributed by atoms with Crippen molar-refractivity contribution in [2.24, 2.45) is 5.73 Å². The molecule has 4 heteroatoms. The quantitative estimate of drug-likeness (QED) is 0.700. The van der Waals surface area contributed by atoms with Crippen molar-refractivity contribution >= 4 is 11.8 Å². The minimum atomic E-state index is 0.296. The van der Waals surface area contributed by atoms with Gasteiger partial charge < -0.3 is 15.2 Å². The number of rotatable bonds is 9. The van der Waals surface area contributed by atoms with Gasteiger partial charge in [0.2, 0.25) is 0 Å². The van der Waals surface area contributed by atoms with Crippen molar-refractivity contribution in [1.82, 2.24) is 0 Å². The summed E-state index contributed by atoms with van der Waals surface area (Å²) in [5.74, 6) is 3.88. The van der Waals surface area contributed by atoms with Gasteiger partial charge >= 0.3 is 0 Å². The average molecular weight is 269 g/mol. The molecule has 1 aromatic carbocycles. The predicted molar refractivity (Wildman–Crippen MR) is 78.7 cm³/mol. The van der Waals surface area contributed by atoms with Gasteiger partial charge in [0.1, 0.15) is 11.5 Å². The molecule has 3 nitrogen and oxygen atoms in total. The highest BCUT2D eigenvalue weighted by Crippen LogP contribution is 2.17. The molecule has 0 aliphatic heterocycles. The van der Waals surface area contributed by atoms with Crippen LogP contribution in [0.2, 0.25) is 0 Å². The fourth-order valence-corrected chi connectivity index (χ4v) is 2.33. The van der Waals surface area contributed by atoms with Gasteiger partial charge in [0.25, 0.3) is 0 Å². The van der Waals surface area contributed by atoms with Gasteiger partial charge in [-0.25, -0.2) is 0 Å². The van der Waals surface area contributed by atoms with Crippen molar-refractivity contribution in [3.05, 3.63) is 24.3 Å². The van der Waals surface area contributed by atoms with Gasteiger partial charge in [-0.2, -0.15) is 11.8 Å². The number of nitrogens with two attached hydrogens (primary N) is 1. The number of thioether (sulfide) groups is 1. The second-order valence-corrected chi connectivity index (χ2v) is 5.36. The molecule has 1 aromatic rings. The molecule has 0 saturated carbocycles. The molecule has 1 atom stereocenters. The molecule has 0 amide bonds. The normalized spacial score (nSPS) is 12.2. The molecule has 0 saturated heterocycles. The monoisotopic (exact) mass is 269 g/mol. The lowest BCUT2D eigenvalue weighted by atomic mass is 10.3. The highest BCUT2D eigenvalue weighted by molar-refractivity contribution is 7.99. The van der Waals surface area contributed by atoms with Crippen LogP contribution in [0.3, 0.4) is 0 Å². The smallest absolute Gasteiger partial charge is 0.119 e. The van der Waals surface area contributed by atoms with Crippen molar-refractivity contribution in [3.8, 4) is 11.5 Å². The molecule has 1 unspecified atom stereocenters. The molecule has 0 aliphatic rings. The summed E-state index contributed by atoms with van der Waals surface area (Å²) in [4.78, 5) is 0. The molecule has 0 heterocycles. The van der Waals surface area contributed by atoms with E-state index in [1.54, 1.807) is 0 Å². The van der Waals surface area contributed by atoms with Crippen LogP contribution in [0.15, 0.2) is 24.3 Å². The lowest BCUT2D eigenvalue weighted by molar-refractivity contribution is 0.332. The van der Waals surface area contributed by atoms with Gasteiger partial charge in [-0.1, -0.05) is 0 Å². The third kappa shape index (κ3) is 6.77. The summed E-state index contributed by atoms with van der Waals surface area (Å²) in [6.45, 7) is 5.44. The summed E-state index contributed by atoms with van der Waals surface area (Å²) in [7, 11) is 0. The van der Waals surface area contributed by atoms with Gasteiger partial charge in [-0.3, -0.25) is 0 Å². The minimum absolute atomic E-state index is 0.296. The number of ether oxygens (including phenoxy) is 2. The van der Waals surface area contributed by atoms with Crippen LogP contribution in [0, 0.1) is 0 Å². The molecule has 102 valence electrons. The maximum Gasteiger partial charge on any atom is 0.119 e. The Morgan fingerprint density at radius 3 is 2.28 bits per heavy atom. The first kappa shape index (κ1) is 15.2. The third-order valence-electron chi connectivity index (χ3n) is 2.35. The number of hydrogen-bond acceptors (Lipinski definition) is 4. The molecule has 0 radical (unpaired) electrons. The van der Waals surface area contributed by atoms with E-state index in [9.17, 15) is 0 Å². The van der Waals surface area contributed by atoms with Crippen molar-refractivity contribution in [1.29, 1.82) is 0 Å². The van der Waals surface area contributed by atoms with Crippen LogP contribution in [0.25, 0.3) is 0 Å². The Kier molecular flexibility index (Phi) is 7.69. The van der Waals surface area contributed by atoms with Gasteiger partial charge in [0.05, 0.1) is 13.2 Å². The molecular formula is C14H23NO2S. The molecule has 2 N–H and O–H groups in total. The third-order valence-corrected chi connectivity index (χ3v) is 3.33. The predicted octanol–water partition coefficient (Wildman–Crippen LogP) is 2.93.